The Labute approximate surface area is 169 Å². The van der Waals surface area contributed by atoms with E-state index in [1.165, 1.54) is 0 Å². The maximum atomic E-state index is 6.52. The molecule has 1 aliphatic carbocycles. The van der Waals surface area contributed by atoms with Crippen LogP contribution < -0.4 is 16.4 Å². The molecule has 1 aliphatic rings. The SMILES string of the molecule is CC(C)n1cnc2c(N)nc(N(c3cccc(Cl)c3)[C@@H]3CCCC[C@@H]3N)nc21. The summed E-state index contributed by atoms with van der Waals surface area (Å²) in [6.07, 6.45) is 5.97. The third-order valence-electron chi connectivity index (χ3n) is 5.41. The molecular weight excluding hydrogens is 374 g/mol. The molecule has 3 aromatic rings. The lowest BCUT2D eigenvalue weighted by Gasteiger charge is -2.38. The lowest BCUT2D eigenvalue weighted by molar-refractivity contribution is 0.378. The maximum Gasteiger partial charge on any atom is 0.234 e. The Kier molecular flexibility index (Phi) is 5.12. The highest BCUT2D eigenvalue weighted by molar-refractivity contribution is 6.30. The van der Waals surface area contributed by atoms with Gasteiger partial charge in [-0.2, -0.15) is 9.97 Å². The molecule has 0 aliphatic heterocycles. The van der Waals surface area contributed by atoms with Crippen LogP contribution in [0.4, 0.5) is 17.5 Å². The second-order valence-corrected chi connectivity index (χ2v) is 8.13. The van der Waals surface area contributed by atoms with Gasteiger partial charge in [-0.05, 0) is 44.9 Å². The van der Waals surface area contributed by atoms with Gasteiger partial charge in [-0.15, -0.1) is 0 Å². The first-order valence-corrected chi connectivity index (χ1v) is 10.1. The van der Waals surface area contributed by atoms with Crippen LogP contribution in [0.25, 0.3) is 11.2 Å². The third kappa shape index (κ3) is 3.40. The molecule has 28 heavy (non-hydrogen) atoms. The van der Waals surface area contributed by atoms with E-state index in [1.54, 1.807) is 6.33 Å². The Hall–Kier alpha value is -2.38. The molecule has 7 nitrogen and oxygen atoms in total. The van der Waals surface area contributed by atoms with E-state index in [1.807, 2.05) is 28.8 Å². The molecule has 1 fully saturated rings. The summed E-state index contributed by atoms with van der Waals surface area (Å²) in [6.45, 7) is 4.18. The summed E-state index contributed by atoms with van der Waals surface area (Å²) < 4.78 is 2.01. The average Bonchev–Trinajstić information content (AvgIpc) is 3.09. The standard InChI is InChI=1S/C20H26ClN7/c1-12(2)27-11-24-17-18(23)25-20(26-19(17)27)28(14-7-5-6-13(21)10-14)16-9-4-3-8-15(16)22/h5-7,10-12,15-16H,3-4,8-9,22H2,1-2H3,(H2,23,25,26)/t15-,16+/m0/s1. The molecule has 1 saturated carbocycles. The smallest absolute Gasteiger partial charge is 0.234 e. The normalized spacial score (nSPS) is 20.0. The van der Waals surface area contributed by atoms with E-state index in [0.717, 1.165) is 37.0 Å². The van der Waals surface area contributed by atoms with Crippen LogP contribution in [0.2, 0.25) is 5.02 Å². The topological polar surface area (TPSA) is 98.9 Å². The number of halogens is 1. The summed E-state index contributed by atoms with van der Waals surface area (Å²) in [5, 5.41) is 0.660. The first kappa shape index (κ1) is 19.0. The van der Waals surface area contributed by atoms with Crippen LogP contribution in [0, 0.1) is 0 Å². The molecule has 8 heteroatoms. The molecule has 4 N–H and O–H groups in total. The first-order chi connectivity index (χ1) is 13.5. The maximum absolute atomic E-state index is 6.52. The van der Waals surface area contributed by atoms with Crippen LogP contribution >= 0.6 is 11.6 Å². The minimum absolute atomic E-state index is 0.0308. The minimum atomic E-state index is 0.0308. The van der Waals surface area contributed by atoms with Gasteiger partial charge in [-0.1, -0.05) is 30.5 Å². The number of nitrogens with two attached hydrogens (primary N) is 2. The quantitative estimate of drug-likeness (QED) is 0.686. The fraction of sp³-hybridized carbons (Fsp3) is 0.450. The molecule has 0 saturated heterocycles. The molecule has 2 aromatic heterocycles. The van der Waals surface area contributed by atoms with E-state index < -0.39 is 0 Å². The number of hydrogen-bond donors (Lipinski definition) is 2. The molecule has 0 unspecified atom stereocenters. The van der Waals surface area contributed by atoms with E-state index in [4.69, 9.17) is 28.1 Å². The van der Waals surface area contributed by atoms with Gasteiger partial charge in [0.15, 0.2) is 11.5 Å². The zero-order valence-corrected chi connectivity index (χ0v) is 17.0. The lowest BCUT2D eigenvalue weighted by Crippen LogP contribution is -2.48. The number of hydrogen-bond acceptors (Lipinski definition) is 6. The van der Waals surface area contributed by atoms with E-state index in [-0.39, 0.29) is 18.1 Å². The predicted molar refractivity (Wildman–Crippen MR) is 114 cm³/mol. The van der Waals surface area contributed by atoms with Crippen LogP contribution in [0.5, 0.6) is 0 Å². The van der Waals surface area contributed by atoms with Crippen molar-refractivity contribution in [3.05, 3.63) is 35.6 Å². The predicted octanol–water partition coefficient (Wildman–Crippen LogP) is 4.05. The summed E-state index contributed by atoms with van der Waals surface area (Å²) in [5.41, 5.74) is 15.1. The van der Waals surface area contributed by atoms with Gasteiger partial charge in [0, 0.05) is 22.8 Å². The van der Waals surface area contributed by atoms with Crippen molar-refractivity contribution in [3.8, 4) is 0 Å². The van der Waals surface area contributed by atoms with Crippen molar-refractivity contribution in [3.63, 3.8) is 0 Å². The number of benzene rings is 1. The summed E-state index contributed by atoms with van der Waals surface area (Å²) in [7, 11) is 0. The van der Waals surface area contributed by atoms with Gasteiger partial charge in [0.2, 0.25) is 5.95 Å². The van der Waals surface area contributed by atoms with Crippen molar-refractivity contribution in [1.82, 2.24) is 19.5 Å². The number of aromatic nitrogens is 4. The van der Waals surface area contributed by atoms with Crippen molar-refractivity contribution < 1.29 is 0 Å². The first-order valence-electron chi connectivity index (χ1n) is 9.76. The van der Waals surface area contributed by atoms with Gasteiger partial charge in [0.25, 0.3) is 0 Å². The summed E-state index contributed by atoms with van der Waals surface area (Å²) >= 11 is 6.29. The number of anilines is 3. The van der Waals surface area contributed by atoms with Crippen molar-refractivity contribution >= 4 is 40.2 Å². The molecule has 0 bridgehead atoms. The zero-order valence-electron chi connectivity index (χ0n) is 16.2. The number of nitrogens with zero attached hydrogens (tertiary/aromatic N) is 5. The van der Waals surface area contributed by atoms with Crippen LogP contribution in [0.1, 0.15) is 45.6 Å². The Bertz CT molecular complexity index is 984. The van der Waals surface area contributed by atoms with Gasteiger partial charge >= 0.3 is 0 Å². The second-order valence-electron chi connectivity index (χ2n) is 7.69. The number of nitrogen functional groups attached to an aromatic ring is 1. The Morgan fingerprint density at radius 3 is 2.71 bits per heavy atom. The van der Waals surface area contributed by atoms with Gasteiger partial charge < -0.3 is 20.9 Å². The minimum Gasteiger partial charge on any atom is -0.382 e. The van der Waals surface area contributed by atoms with Crippen LogP contribution in [-0.4, -0.2) is 31.6 Å². The van der Waals surface area contributed by atoms with Crippen molar-refractivity contribution in [1.29, 1.82) is 0 Å². The molecule has 148 valence electrons. The molecule has 2 atom stereocenters. The molecule has 0 amide bonds. The van der Waals surface area contributed by atoms with E-state index in [9.17, 15) is 0 Å². The Balaban J connectivity index is 1.89. The lowest BCUT2D eigenvalue weighted by atomic mass is 9.89. The highest BCUT2D eigenvalue weighted by Gasteiger charge is 2.31. The fourth-order valence-corrected chi connectivity index (χ4v) is 4.14. The van der Waals surface area contributed by atoms with Crippen LogP contribution in [0.3, 0.4) is 0 Å². The van der Waals surface area contributed by atoms with E-state index in [2.05, 4.69) is 28.7 Å². The molecule has 1 aromatic carbocycles. The van der Waals surface area contributed by atoms with Gasteiger partial charge in [-0.3, -0.25) is 0 Å². The van der Waals surface area contributed by atoms with Gasteiger partial charge in [-0.25, -0.2) is 4.98 Å². The largest absolute Gasteiger partial charge is 0.382 e. The number of rotatable bonds is 4. The summed E-state index contributed by atoms with van der Waals surface area (Å²) in [4.78, 5) is 16.0. The highest BCUT2D eigenvalue weighted by atomic mass is 35.5. The van der Waals surface area contributed by atoms with Crippen molar-refractivity contribution in [2.45, 2.75) is 57.7 Å². The molecular formula is C20H26ClN7. The Morgan fingerprint density at radius 2 is 2.00 bits per heavy atom. The molecule has 0 radical (unpaired) electrons. The number of imidazole rings is 1. The fourth-order valence-electron chi connectivity index (χ4n) is 3.95. The van der Waals surface area contributed by atoms with Crippen LogP contribution in [-0.2, 0) is 0 Å². The van der Waals surface area contributed by atoms with Gasteiger partial charge in [0.05, 0.1) is 12.4 Å². The number of fused-ring (bicyclic) bond motifs is 1. The summed E-state index contributed by atoms with van der Waals surface area (Å²) in [6, 6.07) is 8.05. The van der Waals surface area contributed by atoms with Crippen molar-refractivity contribution in [2.24, 2.45) is 5.73 Å². The Morgan fingerprint density at radius 1 is 1.21 bits per heavy atom. The van der Waals surface area contributed by atoms with E-state index >= 15 is 0 Å². The highest BCUT2D eigenvalue weighted by Crippen LogP contribution is 2.34. The summed E-state index contributed by atoms with van der Waals surface area (Å²) in [5.74, 6) is 0.910. The van der Waals surface area contributed by atoms with Gasteiger partial charge in [0.1, 0.15) is 5.52 Å². The van der Waals surface area contributed by atoms with E-state index in [0.29, 0.717) is 22.3 Å². The molecule has 0 spiro atoms. The monoisotopic (exact) mass is 399 g/mol. The zero-order chi connectivity index (χ0) is 19.8. The molecule has 4 rings (SSSR count). The third-order valence-corrected chi connectivity index (χ3v) is 5.64. The van der Waals surface area contributed by atoms with Crippen LogP contribution in [0.15, 0.2) is 30.6 Å². The second kappa shape index (κ2) is 7.56. The van der Waals surface area contributed by atoms with Crippen molar-refractivity contribution in [2.75, 3.05) is 10.6 Å². The molecule has 2 heterocycles. The average molecular weight is 400 g/mol.